The molecule has 0 aliphatic heterocycles. The summed E-state index contributed by atoms with van der Waals surface area (Å²) in [5.41, 5.74) is 1.59. The molecule has 0 heteroatoms. The lowest BCUT2D eigenvalue weighted by molar-refractivity contribution is 0.418. The monoisotopic (exact) mass is 280 g/mol. The Labute approximate surface area is 129 Å². The lowest BCUT2D eigenvalue weighted by Crippen LogP contribution is -1.96. The van der Waals surface area contributed by atoms with Crippen LogP contribution in [0.3, 0.4) is 0 Å². The second-order valence-electron chi connectivity index (χ2n) is 7.20. The molecule has 0 heterocycles. The van der Waals surface area contributed by atoms with Gasteiger partial charge in [-0.2, -0.15) is 0 Å². The van der Waals surface area contributed by atoms with E-state index in [-0.39, 0.29) is 0 Å². The van der Waals surface area contributed by atoms with Crippen LogP contribution in [0.15, 0.2) is 11.6 Å². The van der Waals surface area contributed by atoms with Crippen LogP contribution in [-0.4, -0.2) is 0 Å². The highest BCUT2D eigenvalue weighted by Crippen LogP contribution is 2.19. The first-order valence-electron chi connectivity index (χ1n) is 9.21. The summed E-state index contributed by atoms with van der Waals surface area (Å²) in [6.07, 6.45) is 17.8. The second-order valence-corrected chi connectivity index (χ2v) is 7.20. The predicted octanol–water partition coefficient (Wildman–Crippen LogP) is 7.54. The summed E-state index contributed by atoms with van der Waals surface area (Å²) in [6.45, 7) is 11.6. The highest BCUT2D eigenvalue weighted by molar-refractivity contribution is 4.96. The molecule has 0 spiro atoms. The van der Waals surface area contributed by atoms with Crippen molar-refractivity contribution in [3.63, 3.8) is 0 Å². The molecule has 0 amide bonds. The van der Waals surface area contributed by atoms with E-state index in [9.17, 15) is 0 Å². The summed E-state index contributed by atoms with van der Waals surface area (Å²) in [6, 6.07) is 0. The van der Waals surface area contributed by atoms with Gasteiger partial charge in [0, 0.05) is 0 Å². The van der Waals surface area contributed by atoms with Crippen LogP contribution < -0.4 is 0 Å². The van der Waals surface area contributed by atoms with Crippen LogP contribution in [0.5, 0.6) is 0 Å². The van der Waals surface area contributed by atoms with Gasteiger partial charge in [0.2, 0.25) is 0 Å². The summed E-state index contributed by atoms with van der Waals surface area (Å²) < 4.78 is 0. The zero-order valence-corrected chi connectivity index (χ0v) is 15.0. The average molecular weight is 281 g/mol. The van der Waals surface area contributed by atoms with Gasteiger partial charge in [0.05, 0.1) is 0 Å². The molecule has 0 aliphatic carbocycles. The first-order chi connectivity index (χ1) is 9.56. The normalized spacial score (nSPS) is 14.0. The lowest BCUT2D eigenvalue weighted by Gasteiger charge is -2.12. The van der Waals surface area contributed by atoms with Crippen LogP contribution in [0.1, 0.15) is 105 Å². The van der Waals surface area contributed by atoms with Crippen molar-refractivity contribution in [3.8, 4) is 0 Å². The molecule has 0 fully saturated rings. The molecule has 1 atom stereocenters. The standard InChI is InChI=1S/C20H40/c1-6-13-19(4)15-10-8-7-9-11-16-20(5)17-12-14-18(2)3/h13,18,20H,6-12,14-17H2,1-5H3/b19-13+. The van der Waals surface area contributed by atoms with Crippen LogP contribution in [0, 0.1) is 11.8 Å². The summed E-state index contributed by atoms with van der Waals surface area (Å²) in [5, 5.41) is 0. The maximum atomic E-state index is 2.44. The molecule has 0 aromatic carbocycles. The number of hydrogen-bond acceptors (Lipinski definition) is 0. The number of allylic oxidation sites excluding steroid dienone is 2. The van der Waals surface area contributed by atoms with Crippen LogP contribution in [-0.2, 0) is 0 Å². The van der Waals surface area contributed by atoms with Crippen molar-refractivity contribution in [2.45, 2.75) is 105 Å². The maximum Gasteiger partial charge on any atom is -0.0323 e. The highest BCUT2D eigenvalue weighted by Gasteiger charge is 2.03. The Morgan fingerprint density at radius 1 is 0.800 bits per heavy atom. The third kappa shape index (κ3) is 14.2. The Kier molecular flexibility index (Phi) is 13.5. The lowest BCUT2D eigenvalue weighted by atomic mass is 9.95. The van der Waals surface area contributed by atoms with Crippen LogP contribution in [0.4, 0.5) is 0 Å². The topological polar surface area (TPSA) is 0 Å². The molecule has 0 radical (unpaired) electrons. The van der Waals surface area contributed by atoms with E-state index < -0.39 is 0 Å². The highest BCUT2D eigenvalue weighted by atomic mass is 14.1. The van der Waals surface area contributed by atoms with E-state index in [1.807, 2.05) is 0 Å². The second kappa shape index (κ2) is 13.7. The van der Waals surface area contributed by atoms with Crippen molar-refractivity contribution in [3.05, 3.63) is 11.6 Å². The van der Waals surface area contributed by atoms with Gasteiger partial charge in [0.1, 0.15) is 0 Å². The molecule has 0 bridgehead atoms. The van der Waals surface area contributed by atoms with Gasteiger partial charge in [-0.05, 0) is 38.0 Å². The molecule has 0 N–H and O–H groups in total. The quantitative estimate of drug-likeness (QED) is 0.241. The minimum Gasteiger partial charge on any atom is -0.0859 e. The van der Waals surface area contributed by atoms with Gasteiger partial charge in [0.15, 0.2) is 0 Å². The Bertz CT molecular complexity index is 224. The van der Waals surface area contributed by atoms with Gasteiger partial charge < -0.3 is 0 Å². The van der Waals surface area contributed by atoms with E-state index in [1.165, 1.54) is 70.6 Å². The minimum atomic E-state index is 0.882. The number of rotatable bonds is 13. The minimum absolute atomic E-state index is 0.882. The molecule has 20 heavy (non-hydrogen) atoms. The largest absolute Gasteiger partial charge is 0.0859 e. The van der Waals surface area contributed by atoms with Crippen molar-refractivity contribution in [2.75, 3.05) is 0 Å². The van der Waals surface area contributed by atoms with Gasteiger partial charge in [-0.3, -0.25) is 0 Å². The van der Waals surface area contributed by atoms with Crippen LogP contribution in [0.25, 0.3) is 0 Å². The van der Waals surface area contributed by atoms with Gasteiger partial charge in [0.25, 0.3) is 0 Å². The Balaban J connectivity index is 3.29. The first kappa shape index (κ1) is 19.7. The molecule has 0 aromatic rings. The SMILES string of the molecule is CC/C=C(\C)CCCCCCCC(C)CCCC(C)C. The smallest absolute Gasteiger partial charge is 0.0323 e. The van der Waals surface area contributed by atoms with Gasteiger partial charge in [-0.15, -0.1) is 0 Å². The van der Waals surface area contributed by atoms with Crippen molar-refractivity contribution in [2.24, 2.45) is 11.8 Å². The molecule has 0 nitrogen and oxygen atoms in total. The van der Waals surface area contributed by atoms with Gasteiger partial charge in [-0.25, -0.2) is 0 Å². The fraction of sp³-hybridized carbons (Fsp3) is 0.900. The van der Waals surface area contributed by atoms with Crippen molar-refractivity contribution in [1.29, 1.82) is 0 Å². The third-order valence-corrected chi connectivity index (χ3v) is 4.30. The number of unbranched alkanes of at least 4 members (excludes halogenated alkanes) is 4. The van der Waals surface area contributed by atoms with Crippen LogP contribution in [0.2, 0.25) is 0 Å². The summed E-state index contributed by atoms with van der Waals surface area (Å²) in [7, 11) is 0. The molecule has 1 unspecified atom stereocenters. The van der Waals surface area contributed by atoms with Crippen molar-refractivity contribution < 1.29 is 0 Å². The fourth-order valence-electron chi connectivity index (χ4n) is 2.90. The molecular weight excluding hydrogens is 240 g/mol. The molecule has 0 rings (SSSR count). The third-order valence-electron chi connectivity index (χ3n) is 4.30. The molecule has 0 saturated heterocycles. The summed E-state index contributed by atoms with van der Waals surface area (Å²) in [4.78, 5) is 0. The fourth-order valence-corrected chi connectivity index (χ4v) is 2.90. The molecule has 120 valence electrons. The number of hydrogen-bond donors (Lipinski definition) is 0. The van der Waals surface area contributed by atoms with E-state index >= 15 is 0 Å². The van der Waals surface area contributed by atoms with Crippen molar-refractivity contribution >= 4 is 0 Å². The molecule has 0 aromatic heterocycles. The van der Waals surface area contributed by atoms with E-state index in [1.54, 1.807) is 5.57 Å². The van der Waals surface area contributed by atoms with E-state index in [2.05, 4.69) is 40.7 Å². The Hall–Kier alpha value is -0.260. The molecule has 0 aliphatic rings. The average Bonchev–Trinajstić information content (AvgIpc) is 2.37. The molecule has 0 saturated carbocycles. The summed E-state index contributed by atoms with van der Waals surface area (Å²) >= 11 is 0. The Morgan fingerprint density at radius 2 is 1.40 bits per heavy atom. The zero-order valence-electron chi connectivity index (χ0n) is 15.0. The first-order valence-corrected chi connectivity index (χ1v) is 9.21. The van der Waals surface area contributed by atoms with Gasteiger partial charge >= 0.3 is 0 Å². The summed E-state index contributed by atoms with van der Waals surface area (Å²) in [5.74, 6) is 1.83. The van der Waals surface area contributed by atoms with Crippen molar-refractivity contribution in [1.82, 2.24) is 0 Å². The zero-order chi connectivity index (χ0) is 15.2. The van der Waals surface area contributed by atoms with E-state index in [0.29, 0.717) is 0 Å². The maximum absolute atomic E-state index is 2.44. The van der Waals surface area contributed by atoms with E-state index in [4.69, 9.17) is 0 Å². The van der Waals surface area contributed by atoms with E-state index in [0.717, 1.165) is 11.8 Å². The Morgan fingerprint density at radius 3 is 2.05 bits per heavy atom. The van der Waals surface area contributed by atoms with Crippen LogP contribution >= 0.6 is 0 Å². The molecular formula is C20H40. The van der Waals surface area contributed by atoms with Gasteiger partial charge in [-0.1, -0.05) is 90.7 Å². The predicted molar refractivity (Wildman–Crippen MR) is 94.2 cm³/mol.